The summed E-state index contributed by atoms with van der Waals surface area (Å²) >= 11 is 0. The molecule has 2 heterocycles. The first-order valence-corrected chi connectivity index (χ1v) is 17.4. The van der Waals surface area contributed by atoms with E-state index in [0.29, 0.717) is 6.42 Å². The second kappa shape index (κ2) is 11.7. The molecule has 2 bridgehead atoms. The van der Waals surface area contributed by atoms with Gasteiger partial charge in [0.15, 0.2) is 6.10 Å². The number of esters is 1. The third kappa shape index (κ3) is 5.01. The summed E-state index contributed by atoms with van der Waals surface area (Å²) < 4.78 is 20.9. The number of aliphatic hydroxyl groups is 2. The van der Waals surface area contributed by atoms with Gasteiger partial charge in [-0.25, -0.2) is 0 Å². The van der Waals surface area contributed by atoms with E-state index >= 15 is 0 Å². The first-order chi connectivity index (χ1) is 19.9. The number of fused-ring (bicyclic) bond motifs is 2. The summed E-state index contributed by atoms with van der Waals surface area (Å²) in [5.74, 6) is -0.657. The molecular weight excluding hydrogens is 544 g/mol. The van der Waals surface area contributed by atoms with Crippen molar-refractivity contribution in [2.24, 2.45) is 11.3 Å². The molecular formula is C35H48O6Si. The molecule has 3 aliphatic rings. The van der Waals surface area contributed by atoms with Crippen LogP contribution in [0.1, 0.15) is 73.6 Å². The topological polar surface area (TPSA) is 85.2 Å². The molecule has 2 aromatic carbocycles. The number of aliphatic hydroxyl groups excluding tert-OH is 2. The van der Waals surface area contributed by atoms with Crippen LogP contribution >= 0.6 is 0 Å². The van der Waals surface area contributed by atoms with E-state index in [-0.39, 0.29) is 42.3 Å². The van der Waals surface area contributed by atoms with Gasteiger partial charge >= 0.3 is 5.97 Å². The van der Waals surface area contributed by atoms with E-state index in [9.17, 15) is 15.0 Å². The molecule has 2 fully saturated rings. The maximum Gasteiger partial charge on any atom is 0.303 e. The predicted octanol–water partition coefficient (Wildman–Crippen LogP) is 4.90. The van der Waals surface area contributed by atoms with Crippen LogP contribution in [0, 0.1) is 11.3 Å². The minimum atomic E-state index is -2.91. The van der Waals surface area contributed by atoms with Crippen LogP contribution in [0.15, 0.2) is 71.8 Å². The van der Waals surface area contributed by atoms with Crippen molar-refractivity contribution in [1.29, 1.82) is 0 Å². The van der Waals surface area contributed by atoms with Gasteiger partial charge in [-0.15, -0.1) is 0 Å². The Morgan fingerprint density at radius 3 is 2.07 bits per heavy atom. The molecule has 0 amide bonds. The van der Waals surface area contributed by atoms with Crippen molar-refractivity contribution in [3.63, 3.8) is 0 Å². The van der Waals surface area contributed by atoms with Crippen LogP contribution in [0.3, 0.4) is 0 Å². The van der Waals surface area contributed by atoms with Crippen LogP contribution in [0.4, 0.5) is 0 Å². The Kier molecular flexibility index (Phi) is 8.64. The van der Waals surface area contributed by atoms with Gasteiger partial charge in [-0.2, -0.15) is 0 Å². The fraction of sp³-hybridized carbons (Fsp3) is 0.571. The maximum atomic E-state index is 12.6. The fourth-order valence-corrected chi connectivity index (χ4v) is 13.0. The summed E-state index contributed by atoms with van der Waals surface area (Å²) in [7, 11) is -2.91. The zero-order chi connectivity index (χ0) is 30.3. The number of carbonyl (C=O) groups is 1. The van der Waals surface area contributed by atoms with E-state index in [1.807, 2.05) is 12.1 Å². The second-order valence-electron chi connectivity index (χ2n) is 14.1. The van der Waals surface area contributed by atoms with Gasteiger partial charge in [0.25, 0.3) is 8.32 Å². The van der Waals surface area contributed by atoms with Crippen molar-refractivity contribution in [3.05, 3.63) is 71.8 Å². The number of hydrogen-bond acceptors (Lipinski definition) is 6. The lowest BCUT2D eigenvalue weighted by Gasteiger charge is -2.50. The molecule has 0 radical (unpaired) electrons. The van der Waals surface area contributed by atoms with Crippen molar-refractivity contribution < 1.29 is 28.9 Å². The lowest BCUT2D eigenvalue weighted by atomic mass is 9.60. The number of hydrogen-bond donors (Lipinski definition) is 2. The average molecular weight is 593 g/mol. The number of rotatable bonds is 9. The molecule has 2 N–H and O–H groups in total. The highest BCUT2D eigenvalue weighted by Gasteiger charge is 2.72. The van der Waals surface area contributed by atoms with E-state index in [2.05, 4.69) is 83.1 Å². The van der Waals surface area contributed by atoms with Gasteiger partial charge in [-0.3, -0.25) is 4.79 Å². The van der Waals surface area contributed by atoms with Crippen LogP contribution in [-0.2, 0) is 18.7 Å². The van der Waals surface area contributed by atoms with Crippen molar-refractivity contribution >= 4 is 24.7 Å². The summed E-state index contributed by atoms with van der Waals surface area (Å²) in [5.41, 5.74) is 0.480. The molecule has 6 nitrogen and oxygen atoms in total. The van der Waals surface area contributed by atoms with Crippen molar-refractivity contribution in [1.82, 2.24) is 0 Å². The molecule has 5 atom stereocenters. The summed E-state index contributed by atoms with van der Waals surface area (Å²) in [5, 5.41) is 23.4. The average Bonchev–Trinajstić information content (AvgIpc) is 3.45. The molecule has 0 saturated carbocycles. The highest BCUT2D eigenvalue weighted by Crippen LogP contribution is 2.62. The fourth-order valence-electron chi connectivity index (χ4n) is 8.35. The summed E-state index contributed by atoms with van der Waals surface area (Å²) in [6.45, 7) is 12.4. The van der Waals surface area contributed by atoms with Gasteiger partial charge in [0.05, 0.1) is 18.8 Å². The standard InChI is InChI=1S/C35H48O6Si/c1-24(38)39-31(28-20-14-13-15-25(28)22-36)35-21-29(32(40-35)34(5,6)30(35)23-37)41-42(33(2,3)4,26-16-9-7-10-17-26)27-18-11-8-12-19-27/h7-12,16-19,29-32,36-37H,13-15,20-23H2,1-6H3/t29-,30-,31-,32-,35-/m0/s1. The molecule has 42 heavy (non-hydrogen) atoms. The molecule has 2 saturated heterocycles. The molecule has 0 unspecified atom stereocenters. The monoisotopic (exact) mass is 592 g/mol. The van der Waals surface area contributed by atoms with Gasteiger partial charge in [0, 0.05) is 31.3 Å². The van der Waals surface area contributed by atoms with Crippen LogP contribution in [0.2, 0.25) is 5.04 Å². The third-order valence-corrected chi connectivity index (χ3v) is 15.3. The number of benzene rings is 2. The highest BCUT2D eigenvalue weighted by atomic mass is 28.4. The van der Waals surface area contributed by atoms with Gasteiger partial charge in [0.1, 0.15) is 5.60 Å². The molecule has 2 aliphatic heterocycles. The normalized spacial score (nSPS) is 28.1. The van der Waals surface area contributed by atoms with Crippen LogP contribution in [0.5, 0.6) is 0 Å². The van der Waals surface area contributed by atoms with Gasteiger partial charge < -0.3 is 24.1 Å². The Hall–Kier alpha value is -2.29. The molecule has 0 aromatic heterocycles. The van der Waals surface area contributed by atoms with Crippen molar-refractivity contribution in [2.75, 3.05) is 13.2 Å². The summed E-state index contributed by atoms with van der Waals surface area (Å²) in [4.78, 5) is 12.6. The predicted molar refractivity (Wildman–Crippen MR) is 167 cm³/mol. The van der Waals surface area contributed by atoms with E-state index in [1.165, 1.54) is 17.3 Å². The Bertz CT molecular complexity index is 1240. The molecule has 7 heteroatoms. The van der Waals surface area contributed by atoms with E-state index < -0.39 is 25.4 Å². The Morgan fingerprint density at radius 1 is 1.00 bits per heavy atom. The Morgan fingerprint density at radius 2 is 1.57 bits per heavy atom. The quantitative estimate of drug-likeness (QED) is 0.245. The molecule has 2 aromatic rings. The van der Waals surface area contributed by atoms with Gasteiger partial charge in [-0.05, 0) is 52.2 Å². The van der Waals surface area contributed by atoms with E-state index in [1.54, 1.807) is 0 Å². The minimum absolute atomic E-state index is 0.0677. The van der Waals surface area contributed by atoms with Crippen LogP contribution in [-0.4, -0.2) is 61.6 Å². The van der Waals surface area contributed by atoms with E-state index in [0.717, 1.165) is 36.8 Å². The zero-order valence-corrected chi connectivity index (χ0v) is 27.1. The maximum absolute atomic E-state index is 12.6. The molecule has 1 aliphatic carbocycles. The summed E-state index contributed by atoms with van der Waals surface area (Å²) in [6.07, 6.45) is 2.69. The van der Waals surface area contributed by atoms with Crippen LogP contribution < -0.4 is 10.4 Å². The van der Waals surface area contributed by atoms with Crippen molar-refractivity contribution in [2.45, 2.75) is 103 Å². The first kappa shape index (κ1) is 31.1. The Labute approximate surface area is 252 Å². The highest BCUT2D eigenvalue weighted by molar-refractivity contribution is 6.99. The Balaban J connectivity index is 1.66. The lowest BCUT2D eigenvalue weighted by molar-refractivity contribution is -0.164. The first-order valence-electron chi connectivity index (χ1n) is 15.5. The van der Waals surface area contributed by atoms with Crippen molar-refractivity contribution in [3.8, 4) is 0 Å². The molecule has 0 spiro atoms. The molecule has 228 valence electrons. The number of carbonyl (C=O) groups excluding carboxylic acids is 1. The van der Waals surface area contributed by atoms with E-state index in [4.69, 9.17) is 13.9 Å². The third-order valence-electron chi connectivity index (χ3n) is 10.2. The summed E-state index contributed by atoms with van der Waals surface area (Å²) in [6, 6.07) is 21.2. The SMILES string of the molecule is CC(=O)O[C@@H](C1=C(CO)CCCC1)[C@@]12C[C@H](O[Si](c3ccccc3)(c3ccccc3)C(C)(C)C)[C@H](O1)C(C)(C)[C@@H]2CO. The smallest absolute Gasteiger partial charge is 0.303 e. The lowest BCUT2D eigenvalue weighted by Crippen LogP contribution is -2.69. The minimum Gasteiger partial charge on any atom is -0.455 e. The van der Waals surface area contributed by atoms with Gasteiger partial charge in [-0.1, -0.05) is 95.3 Å². The van der Waals surface area contributed by atoms with Gasteiger partial charge in [0.2, 0.25) is 0 Å². The molecule has 5 rings (SSSR count). The largest absolute Gasteiger partial charge is 0.455 e. The zero-order valence-electron chi connectivity index (χ0n) is 26.1. The second-order valence-corrected chi connectivity index (χ2v) is 18.3. The van der Waals surface area contributed by atoms with Crippen LogP contribution in [0.25, 0.3) is 0 Å². The number of ether oxygens (including phenoxy) is 2.